The molecule has 0 unspecified atom stereocenters. The van der Waals surface area contributed by atoms with E-state index in [-0.39, 0.29) is 5.91 Å². The van der Waals surface area contributed by atoms with Gasteiger partial charge >= 0.3 is 0 Å². The summed E-state index contributed by atoms with van der Waals surface area (Å²) in [6.07, 6.45) is 4.40. The highest BCUT2D eigenvalue weighted by Crippen LogP contribution is 2.22. The number of rotatable bonds is 7. The number of nitrogens with zero attached hydrogens (tertiary/aromatic N) is 1. The van der Waals surface area contributed by atoms with Gasteiger partial charge in [0.05, 0.1) is 7.11 Å². The first kappa shape index (κ1) is 19.5. The van der Waals surface area contributed by atoms with Gasteiger partial charge in [-0.25, -0.2) is 5.48 Å². The lowest BCUT2D eigenvalue weighted by molar-refractivity contribution is -0.129. The monoisotopic (exact) mass is 365 g/mol. The number of ether oxygens (including phenoxy) is 1. The highest BCUT2D eigenvalue weighted by atomic mass is 32.1. The largest absolute Gasteiger partial charge is 0.497 e. The number of carbonyl (C=O) groups is 1. The molecule has 1 fully saturated rings. The molecule has 1 heterocycles. The van der Waals surface area contributed by atoms with Gasteiger partial charge in [-0.3, -0.25) is 10.0 Å². The van der Waals surface area contributed by atoms with E-state index in [2.05, 4.69) is 10.2 Å². The predicted molar refractivity (Wildman–Crippen MR) is 101 cm³/mol. The van der Waals surface area contributed by atoms with Crippen LogP contribution in [-0.4, -0.2) is 41.3 Å². The standard InChI is InChI=1S/C18H27N3O3S/c1-24-16-7-5-15(6-8-16)13-19-18(25)21-11-9-14(10-12-21)3-2-4-17(22)20-23/h5-8,14,23H,2-4,9-13H2,1H3,(H,19,25)(H,20,22). The lowest BCUT2D eigenvalue weighted by Crippen LogP contribution is -2.44. The number of amides is 1. The molecule has 0 bridgehead atoms. The first-order valence-electron chi connectivity index (χ1n) is 8.71. The number of hydrogen-bond acceptors (Lipinski definition) is 4. The lowest BCUT2D eigenvalue weighted by atomic mass is 9.91. The maximum atomic E-state index is 11.0. The first-order valence-corrected chi connectivity index (χ1v) is 9.12. The fourth-order valence-corrected chi connectivity index (χ4v) is 3.32. The Balaban J connectivity index is 1.65. The van der Waals surface area contributed by atoms with Crippen molar-refractivity contribution in [3.05, 3.63) is 29.8 Å². The summed E-state index contributed by atoms with van der Waals surface area (Å²) in [7, 11) is 1.66. The number of carbonyl (C=O) groups excluding carboxylic acids is 1. The molecule has 1 aliphatic heterocycles. The molecule has 0 aliphatic carbocycles. The Morgan fingerprint density at radius 3 is 2.60 bits per heavy atom. The molecule has 7 heteroatoms. The molecule has 1 saturated heterocycles. The van der Waals surface area contributed by atoms with Crippen LogP contribution >= 0.6 is 12.2 Å². The fraction of sp³-hybridized carbons (Fsp3) is 0.556. The van der Waals surface area contributed by atoms with Gasteiger partial charge in [-0.2, -0.15) is 0 Å². The number of hydrogen-bond donors (Lipinski definition) is 3. The number of benzene rings is 1. The van der Waals surface area contributed by atoms with Crippen molar-refractivity contribution in [1.82, 2.24) is 15.7 Å². The Hall–Kier alpha value is -1.86. The molecule has 138 valence electrons. The van der Waals surface area contributed by atoms with Gasteiger partial charge in [0.1, 0.15) is 5.75 Å². The Bertz CT molecular complexity index is 557. The van der Waals surface area contributed by atoms with E-state index in [1.54, 1.807) is 12.6 Å². The molecule has 1 aromatic carbocycles. The highest BCUT2D eigenvalue weighted by molar-refractivity contribution is 7.80. The van der Waals surface area contributed by atoms with E-state index in [1.807, 2.05) is 24.3 Å². The minimum Gasteiger partial charge on any atom is -0.497 e. The van der Waals surface area contributed by atoms with Crippen molar-refractivity contribution in [3.8, 4) is 5.75 Å². The van der Waals surface area contributed by atoms with E-state index in [0.717, 1.165) is 49.6 Å². The van der Waals surface area contributed by atoms with Crippen LogP contribution < -0.4 is 15.5 Å². The van der Waals surface area contributed by atoms with Gasteiger partial charge in [-0.1, -0.05) is 12.1 Å². The molecule has 0 radical (unpaired) electrons. The Morgan fingerprint density at radius 2 is 2.00 bits per heavy atom. The van der Waals surface area contributed by atoms with Gasteiger partial charge in [0.25, 0.3) is 0 Å². The molecular formula is C18H27N3O3S. The van der Waals surface area contributed by atoms with Crippen molar-refractivity contribution in [1.29, 1.82) is 0 Å². The summed E-state index contributed by atoms with van der Waals surface area (Å²) in [6.45, 7) is 2.61. The number of thiocarbonyl (C=S) groups is 1. The summed E-state index contributed by atoms with van der Waals surface area (Å²) in [4.78, 5) is 13.2. The van der Waals surface area contributed by atoms with E-state index in [9.17, 15) is 4.79 Å². The molecule has 25 heavy (non-hydrogen) atoms. The van der Waals surface area contributed by atoms with Crippen molar-refractivity contribution in [2.45, 2.75) is 38.6 Å². The summed E-state index contributed by atoms with van der Waals surface area (Å²) in [6, 6.07) is 7.96. The summed E-state index contributed by atoms with van der Waals surface area (Å²) in [5, 5.41) is 12.6. The molecule has 6 nitrogen and oxygen atoms in total. The maximum absolute atomic E-state index is 11.0. The van der Waals surface area contributed by atoms with Gasteiger partial charge in [0.15, 0.2) is 5.11 Å². The fourth-order valence-electron chi connectivity index (χ4n) is 3.06. The molecule has 2 rings (SSSR count). The quantitative estimate of drug-likeness (QED) is 0.392. The molecule has 0 spiro atoms. The zero-order chi connectivity index (χ0) is 18.1. The average molecular weight is 365 g/mol. The van der Waals surface area contributed by atoms with Crippen molar-refractivity contribution in [2.75, 3.05) is 20.2 Å². The van der Waals surface area contributed by atoms with Crippen LogP contribution in [0.2, 0.25) is 0 Å². The number of nitrogens with one attached hydrogen (secondary N) is 2. The third kappa shape index (κ3) is 6.51. The maximum Gasteiger partial charge on any atom is 0.243 e. The third-order valence-electron chi connectivity index (χ3n) is 4.65. The number of methoxy groups -OCH3 is 1. The van der Waals surface area contributed by atoms with Crippen LogP contribution in [-0.2, 0) is 11.3 Å². The van der Waals surface area contributed by atoms with Gasteiger partial charge in [0, 0.05) is 26.1 Å². The zero-order valence-corrected chi connectivity index (χ0v) is 15.5. The predicted octanol–water partition coefficient (Wildman–Crippen LogP) is 2.46. The first-order chi connectivity index (χ1) is 12.1. The van der Waals surface area contributed by atoms with Crippen LogP contribution in [0.25, 0.3) is 0 Å². The molecule has 0 saturated carbocycles. The minimum atomic E-state index is -0.304. The van der Waals surface area contributed by atoms with Gasteiger partial charge < -0.3 is 15.0 Å². The Labute approximate surface area is 154 Å². The summed E-state index contributed by atoms with van der Waals surface area (Å²) >= 11 is 5.51. The van der Waals surface area contributed by atoms with Crippen LogP contribution in [0.4, 0.5) is 0 Å². The van der Waals surface area contributed by atoms with Gasteiger partial charge in [-0.05, 0) is 61.5 Å². The molecule has 1 aromatic rings. The zero-order valence-electron chi connectivity index (χ0n) is 14.7. The second kappa shape index (κ2) is 10.2. The number of piperidine rings is 1. The second-order valence-electron chi connectivity index (χ2n) is 6.36. The Kier molecular flexibility index (Phi) is 7.94. The molecule has 3 N–H and O–H groups in total. The summed E-state index contributed by atoms with van der Waals surface area (Å²) < 4.78 is 5.16. The van der Waals surface area contributed by atoms with Crippen molar-refractivity contribution >= 4 is 23.2 Å². The summed E-state index contributed by atoms with van der Waals surface area (Å²) in [5.41, 5.74) is 2.85. The molecule has 1 aliphatic rings. The highest BCUT2D eigenvalue weighted by Gasteiger charge is 2.20. The molecule has 1 amide bonds. The van der Waals surface area contributed by atoms with E-state index >= 15 is 0 Å². The lowest BCUT2D eigenvalue weighted by Gasteiger charge is -2.34. The van der Waals surface area contributed by atoms with Crippen LogP contribution in [0, 0.1) is 5.92 Å². The van der Waals surface area contributed by atoms with E-state index < -0.39 is 0 Å². The van der Waals surface area contributed by atoms with Crippen LogP contribution in [0.1, 0.15) is 37.7 Å². The van der Waals surface area contributed by atoms with Crippen molar-refractivity contribution < 1.29 is 14.7 Å². The summed E-state index contributed by atoms with van der Waals surface area (Å²) in [5.74, 6) is 1.18. The number of likely N-dealkylation sites (tertiary alicyclic amines) is 1. The van der Waals surface area contributed by atoms with Gasteiger partial charge in [0.2, 0.25) is 5.91 Å². The topological polar surface area (TPSA) is 73.8 Å². The number of hydroxylamine groups is 1. The third-order valence-corrected chi connectivity index (χ3v) is 5.05. The molecule has 0 atom stereocenters. The Morgan fingerprint density at radius 1 is 1.32 bits per heavy atom. The van der Waals surface area contributed by atoms with Crippen LogP contribution in [0.3, 0.4) is 0 Å². The van der Waals surface area contributed by atoms with Crippen molar-refractivity contribution in [2.24, 2.45) is 5.92 Å². The van der Waals surface area contributed by atoms with E-state index in [0.29, 0.717) is 18.9 Å². The van der Waals surface area contributed by atoms with Gasteiger partial charge in [-0.15, -0.1) is 0 Å². The molecule has 0 aromatic heterocycles. The average Bonchev–Trinajstić information content (AvgIpc) is 2.66. The van der Waals surface area contributed by atoms with Crippen molar-refractivity contribution in [3.63, 3.8) is 0 Å². The second-order valence-corrected chi connectivity index (χ2v) is 6.75. The normalized spacial score (nSPS) is 14.9. The van der Waals surface area contributed by atoms with Crippen LogP contribution in [0.15, 0.2) is 24.3 Å². The smallest absolute Gasteiger partial charge is 0.243 e. The minimum absolute atomic E-state index is 0.304. The van der Waals surface area contributed by atoms with E-state index in [1.165, 1.54) is 5.56 Å². The van der Waals surface area contributed by atoms with Crippen LogP contribution in [0.5, 0.6) is 5.75 Å². The SMILES string of the molecule is COc1ccc(CNC(=S)N2CCC(CCCC(=O)NO)CC2)cc1. The molecular weight excluding hydrogens is 338 g/mol. The van der Waals surface area contributed by atoms with E-state index in [4.69, 9.17) is 22.2 Å².